The van der Waals surface area contributed by atoms with Gasteiger partial charge in [-0.25, -0.2) is 14.2 Å². The molecule has 4 heterocycles. The van der Waals surface area contributed by atoms with Crippen LogP contribution >= 0.6 is 11.3 Å². The quantitative estimate of drug-likeness (QED) is 0.0551. The molecule has 10 nitrogen and oxygen atoms in total. The molecule has 0 spiro atoms. The molecule has 48 heavy (non-hydrogen) atoms. The fourth-order valence-corrected chi connectivity index (χ4v) is 6.28. The molecule has 0 atom stereocenters. The van der Waals surface area contributed by atoms with Crippen LogP contribution in [0.4, 0.5) is 22.4 Å². The number of hydrogen-bond donors (Lipinski definition) is 0. The Bertz CT molecular complexity index is 1960. The summed E-state index contributed by atoms with van der Waals surface area (Å²) < 4.78 is 101. The van der Waals surface area contributed by atoms with Crippen molar-refractivity contribution in [1.29, 1.82) is 0 Å². The summed E-state index contributed by atoms with van der Waals surface area (Å²) in [6, 6.07) is 6.80. The molecule has 0 N–H and O–H groups in total. The number of carbonyl (C=O) groups excluding carboxylic acids is 1. The van der Waals surface area contributed by atoms with E-state index in [2.05, 4.69) is 20.7 Å². The van der Waals surface area contributed by atoms with Crippen LogP contribution in [0.2, 0.25) is 0 Å². The minimum Gasteiger partial charge on any atom is -0.490 e. The fourth-order valence-electron chi connectivity index (χ4n) is 4.91. The number of amides is 1. The summed E-state index contributed by atoms with van der Waals surface area (Å²) in [4.78, 5) is 23.2. The predicted molar refractivity (Wildman–Crippen MR) is 171 cm³/mol. The molecule has 1 aromatic carbocycles. The van der Waals surface area contributed by atoms with Gasteiger partial charge in [-0.1, -0.05) is 6.08 Å². The van der Waals surface area contributed by atoms with Gasteiger partial charge in [0.1, 0.15) is 23.8 Å². The number of halogens is 4. The van der Waals surface area contributed by atoms with Crippen molar-refractivity contribution in [3.63, 3.8) is 0 Å². The zero-order valence-corrected chi connectivity index (χ0v) is 27.7. The molecule has 3 aromatic heterocycles. The lowest BCUT2D eigenvalue weighted by molar-refractivity contribution is -0.0500. The number of rotatable bonds is 10. The lowest BCUT2D eigenvalue weighted by atomic mass is 9.96. The topological polar surface area (TPSA) is 117 Å². The first-order chi connectivity index (χ1) is 22.6. The standard InChI is InChI=1S/C32H31F4N3O7S2/c1-5-11-43-12-13-44-25-16-21(33)6-7-22(25)26-27(38-29(23-9-14-47-28(23)26)46-48(41,42)32(34,35)36)19-15-20-18-39(10-8-24(20)37-17-19)30(40)45-31(2,3)4/h5-7,9,14-17H,1,8,10-13,18H2,2-4H3. The largest absolute Gasteiger partial charge is 0.534 e. The maximum Gasteiger partial charge on any atom is 0.534 e. The second kappa shape index (κ2) is 13.7. The molecule has 0 saturated carbocycles. The number of aromatic nitrogens is 2. The van der Waals surface area contributed by atoms with Crippen LogP contribution in [0.5, 0.6) is 11.6 Å². The zero-order valence-electron chi connectivity index (χ0n) is 26.1. The van der Waals surface area contributed by atoms with E-state index in [1.807, 2.05) is 0 Å². The van der Waals surface area contributed by atoms with Crippen molar-refractivity contribution in [3.8, 4) is 34.0 Å². The number of nitrogens with zero attached hydrogens (tertiary/aromatic N) is 3. The summed E-state index contributed by atoms with van der Waals surface area (Å²) in [7, 11) is -6.10. The molecule has 0 saturated heterocycles. The molecule has 16 heteroatoms. The van der Waals surface area contributed by atoms with E-state index in [1.54, 1.807) is 32.9 Å². The number of ether oxygens (including phenoxy) is 3. The minimum atomic E-state index is -6.10. The van der Waals surface area contributed by atoms with Crippen LogP contribution in [0.15, 0.2) is 54.6 Å². The normalized spacial score (nSPS) is 13.7. The van der Waals surface area contributed by atoms with Crippen LogP contribution < -0.4 is 8.92 Å². The Balaban J connectivity index is 1.68. The molecule has 1 aliphatic rings. The molecular weight excluding hydrogens is 678 g/mol. The van der Waals surface area contributed by atoms with E-state index in [-0.39, 0.29) is 48.8 Å². The van der Waals surface area contributed by atoms with E-state index in [9.17, 15) is 30.8 Å². The van der Waals surface area contributed by atoms with Crippen molar-refractivity contribution in [2.75, 3.05) is 26.4 Å². The summed E-state index contributed by atoms with van der Waals surface area (Å²) in [6.07, 6.45) is 2.88. The van der Waals surface area contributed by atoms with E-state index in [0.29, 0.717) is 40.0 Å². The number of carbonyl (C=O) groups is 1. The van der Waals surface area contributed by atoms with E-state index in [4.69, 9.17) is 14.2 Å². The lowest BCUT2D eigenvalue weighted by Gasteiger charge is -2.31. The molecule has 0 fully saturated rings. The number of thiophene rings is 1. The Morgan fingerprint density at radius 3 is 2.62 bits per heavy atom. The van der Waals surface area contributed by atoms with Crippen molar-refractivity contribution in [3.05, 3.63) is 71.6 Å². The highest BCUT2D eigenvalue weighted by molar-refractivity contribution is 7.88. The van der Waals surface area contributed by atoms with Gasteiger partial charge in [0.25, 0.3) is 0 Å². The van der Waals surface area contributed by atoms with E-state index in [1.165, 1.54) is 34.7 Å². The second-order valence-corrected chi connectivity index (χ2v) is 14.1. The van der Waals surface area contributed by atoms with Gasteiger partial charge in [-0.3, -0.25) is 4.98 Å². The number of benzene rings is 1. The summed E-state index contributed by atoms with van der Waals surface area (Å²) >= 11 is 1.08. The lowest BCUT2D eigenvalue weighted by Crippen LogP contribution is -2.40. The second-order valence-electron chi connectivity index (χ2n) is 11.6. The van der Waals surface area contributed by atoms with Gasteiger partial charge < -0.3 is 23.3 Å². The third kappa shape index (κ3) is 7.71. The monoisotopic (exact) mass is 709 g/mol. The maximum absolute atomic E-state index is 14.5. The fraction of sp³-hybridized carbons (Fsp3) is 0.344. The number of hydrogen-bond acceptors (Lipinski definition) is 10. The van der Waals surface area contributed by atoms with Crippen molar-refractivity contribution >= 4 is 37.6 Å². The average Bonchev–Trinajstić information content (AvgIpc) is 3.50. The smallest absolute Gasteiger partial charge is 0.490 e. The van der Waals surface area contributed by atoms with Crippen molar-refractivity contribution in [2.45, 2.75) is 44.8 Å². The van der Waals surface area contributed by atoms with Gasteiger partial charge in [-0.15, -0.1) is 17.9 Å². The van der Waals surface area contributed by atoms with Crippen molar-refractivity contribution in [1.82, 2.24) is 14.9 Å². The summed E-state index contributed by atoms with van der Waals surface area (Å²) in [5.41, 5.74) is -4.28. The molecule has 0 radical (unpaired) electrons. The first-order valence-electron chi connectivity index (χ1n) is 14.6. The molecular formula is C32H31F4N3O7S2. The van der Waals surface area contributed by atoms with Gasteiger partial charge in [-0.2, -0.15) is 21.6 Å². The average molecular weight is 710 g/mol. The predicted octanol–water partition coefficient (Wildman–Crippen LogP) is 7.27. The SMILES string of the molecule is C=CCOCCOc1cc(F)ccc1-c1c(-c2cnc3c(c2)CN(C(=O)OC(C)(C)C)CC3)nc(OS(=O)(=O)C(F)(F)F)c2ccsc12. The van der Waals surface area contributed by atoms with E-state index < -0.39 is 39.0 Å². The third-order valence-corrected chi connectivity index (χ3v) is 8.82. The first-order valence-corrected chi connectivity index (χ1v) is 16.9. The van der Waals surface area contributed by atoms with Crippen LogP contribution in [0, 0.1) is 5.82 Å². The molecule has 0 unspecified atom stereocenters. The number of fused-ring (bicyclic) bond motifs is 2. The van der Waals surface area contributed by atoms with Crippen molar-refractivity contribution < 1.29 is 49.2 Å². The highest BCUT2D eigenvalue weighted by atomic mass is 32.2. The maximum atomic E-state index is 14.5. The summed E-state index contributed by atoms with van der Waals surface area (Å²) in [6.45, 7) is 9.71. The van der Waals surface area contributed by atoms with Gasteiger partial charge in [0.2, 0.25) is 5.88 Å². The number of alkyl halides is 3. The molecule has 0 bridgehead atoms. The van der Waals surface area contributed by atoms with Crippen LogP contribution in [-0.2, 0) is 32.6 Å². The Kier molecular flexibility index (Phi) is 9.99. The van der Waals surface area contributed by atoms with Gasteiger partial charge in [0.05, 0.1) is 30.8 Å². The number of pyridine rings is 2. The molecule has 1 aliphatic heterocycles. The van der Waals surface area contributed by atoms with Crippen molar-refractivity contribution in [2.24, 2.45) is 0 Å². The highest BCUT2D eigenvalue weighted by Gasteiger charge is 2.49. The summed E-state index contributed by atoms with van der Waals surface area (Å²) in [5, 5.41) is 1.50. The molecule has 1 amide bonds. The highest BCUT2D eigenvalue weighted by Crippen LogP contribution is 2.47. The van der Waals surface area contributed by atoms with Crippen LogP contribution in [0.3, 0.4) is 0 Å². The van der Waals surface area contributed by atoms with Gasteiger partial charge in [0.15, 0.2) is 0 Å². The van der Waals surface area contributed by atoms with Crippen LogP contribution in [0.1, 0.15) is 32.0 Å². The van der Waals surface area contributed by atoms with Gasteiger partial charge >= 0.3 is 21.7 Å². The van der Waals surface area contributed by atoms with Crippen LogP contribution in [-0.4, -0.2) is 66.9 Å². The first kappa shape index (κ1) is 35.0. The molecule has 4 aromatic rings. The summed E-state index contributed by atoms with van der Waals surface area (Å²) in [5.74, 6) is -1.35. The zero-order chi connectivity index (χ0) is 34.9. The Morgan fingerprint density at radius 2 is 1.92 bits per heavy atom. The van der Waals surface area contributed by atoms with Gasteiger partial charge in [0, 0.05) is 52.3 Å². The minimum absolute atomic E-state index is 0.0126. The Hall–Kier alpha value is -4.28. The molecule has 0 aliphatic carbocycles. The molecule has 256 valence electrons. The Morgan fingerprint density at radius 1 is 1.15 bits per heavy atom. The van der Waals surface area contributed by atoms with Gasteiger partial charge in [-0.05, 0) is 56.0 Å². The molecule has 5 rings (SSSR count). The van der Waals surface area contributed by atoms with E-state index >= 15 is 0 Å². The third-order valence-electron chi connectivity index (χ3n) is 6.94. The van der Waals surface area contributed by atoms with E-state index in [0.717, 1.165) is 17.4 Å². The van der Waals surface area contributed by atoms with Crippen LogP contribution in [0.25, 0.3) is 32.5 Å². The Labute approximate surface area is 278 Å².